The van der Waals surface area contributed by atoms with Gasteiger partial charge in [0.15, 0.2) is 17.5 Å². The third-order valence-corrected chi connectivity index (χ3v) is 5.94. The molecule has 174 valence electrons. The molecular weight excluding hydrogens is 519 g/mol. The first-order valence-electron chi connectivity index (χ1n) is 11.1. The van der Waals surface area contributed by atoms with Crippen molar-refractivity contribution in [1.29, 1.82) is 0 Å². The molecule has 1 spiro atoms. The summed E-state index contributed by atoms with van der Waals surface area (Å²) in [4.78, 5) is 11.3. The summed E-state index contributed by atoms with van der Waals surface area (Å²) in [6, 6.07) is 11.7. The second-order valence-electron chi connectivity index (χ2n) is 8.24. The van der Waals surface area contributed by atoms with Crippen molar-refractivity contribution in [1.82, 2.24) is 15.2 Å². The molecule has 2 aliphatic heterocycles. The van der Waals surface area contributed by atoms with Crippen molar-refractivity contribution in [2.75, 3.05) is 40.0 Å². The molecule has 2 fully saturated rings. The second-order valence-corrected chi connectivity index (χ2v) is 8.24. The SMILES string of the molecule is CCCOc1ccccc1Oc1ncccc1CNC(=NC)N1CCC2(CCOC2)C1.I. The summed E-state index contributed by atoms with van der Waals surface area (Å²) in [5, 5.41) is 3.49. The summed E-state index contributed by atoms with van der Waals surface area (Å²) < 4.78 is 17.6. The van der Waals surface area contributed by atoms with E-state index in [2.05, 4.69) is 27.1 Å². The first-order chi connectivity index (χ1) is 15.2. The smallest absolute Gasteiger partial charge is 0.224 e. The maximum Gasteiger partial charge on any atom is 0.224 e. The summed E-state index contributed by atoms with van der Waals surface area (Å²) in [6.07, 6.45) is 4.98. The predicted octanol–water partition coefficient (Wildman–Crippen LogP) is 4.47. The first kappa shape index (κ1) is 24.6. The van der Waals surface area contributed by atoms with E-state index >= 15 is 0 Å². The molecule has 1 atom stereocenters. The van der Waals surface area contributed by atoms with Crippen LogP contribution in [0.5, 0.6) is 17.4 Å². The number of pyridine rings is 1. The van der Waals surface area contributed by atoms with Crippen molar-refractivity contribution in [2.45, 2.75) is 32.7 Å². The molecule has 1 N–H and O–H groups in total. The molecule has 0 radical (unpaired) electrons. The molecule has 0 saturated carbocycles. The van der Waals surface area contributed by atoms with Crippen molar-refractivity contribution >= 4 is 29.9 Å². The molecule has 3 heterocycles. The lowest BCUT2D eigenvalue weighted by molar-refractivity contribution is 0.156. The van der Waals surface area contributed by atoms with Crippen LogP contribution in [0.4, 0.5) is 0 Å². The molecule has 1 aromatic carbocycles. The van der Waals surface area contributed by atoms with E-state index in [1.54, 1.807) is 6.20 Å². The Kier molecular flexibility index (Phi) is 8.98. The highest BCUT2D eigenvalue weighted by atomic mass is 127. The second kappa shape index (κ2) is 11.7. The number of aromatic nitrogens is 1. The van der Waals surface area contributed by atoms with Gasteiger partial charge in [0, 0.05) is 50.5 Å². The number of nitrogens with one attached hydrogen (secondary N) is 1. The topological polar surface area (TPSA) is 68.2 Å². The Morgan fingerprint density at radius 1 is 1.22 bits per heavy atom. The van der Waals surface area contributed by atoms with Gasteiger partial charge < -0.3 is 24.4 Å². The number of hydrogen-bond donors (Lipinski definition) is 1. The molecule has 8 heteroatoms. The van der Waals surface area contributed by atoms with Gasteiger partial charge in [-0.25, -0.2) is 4.98 Å². The molecule has 0 bridgehead atoms. The number of aliphatic imine (C=N–C) groups is 1. The Balaban J connectivity index is 0.00000289. The summed E-state index contributed by atoms with van der Waals surface area (Å²) in [7, 11) is 1.83. The van der Waals surface area contributed by atoms with Gasteiger partial charge in [0.25, 0.3) is 0 Å². The summed E-state index contributed by atoms with van der Waals surface area (Å²) in [6.45, 7) is 7.04. The van der Waals surface area contributed by atoms with Crippen LogP contribution >= 0.6 is 24.0 Å². The van der Waals surface area contributed by atoms with Crippen LogP contribution in [-0.4, -0.2) is 55.8 Å². The zero-order valence-corrected chi connectivity index (χ0v) is 21.2. The Hall–Kier alpha value is -2.07. The van der Waals surface area contributed by atoms with E-state index in [1.807, 2.05) is 43.4 Å². The molecule has 2 aliphatic rings. The maximum absolute atomic E-state index is 6.16. The van der Waals surface area contributed by atoms with Gasteiger partial charge in [-0.1, -0.05) is 25.1 Å². The van der Waals surface area contributed by atoms with Crippen LogP contribution in [-0.2, 0) is 11.3 Å². The predicted molar refractivity (Wildman–Crippen MR) is 136 cm³/mol. The van der Waals surface area contributed by atoms with E-state index in [0.29, 0.717) is 30.2 Å². The number of guanidine groups is 1. The van der Waals surface area contributed by atoms with Crippen LogP contribution in [0.1, 0.15) is 31.7 Å². The average Bonchev–Trinajstić information content (AvgIpc) is 3.44. The Bertz CT molecular complexity index is 902. The molecule has 0 aliphatic carbocycles. The van der Waals surface area contributed by atoms with E-state index in [-0.39, 0.29) is 24.0 Å². The Morgan fingerprint density at radius 3 is 2.81 bits per heavy atom. The fourth-order valence-electron chi connectivity index (χ4n) is 4.21. The van der Waals surface area contributed by atoms with Crippen molar-refractivity contribution in [3.05, 3.63) is 48.2 Å². The summed E-state index contributed by atoms with van der Waals surface area (Å²) in [5.41, 5.74) is 1.26. The van der Waals surface area contributed by atoms with Gasteiger partial charge in [0.1, 0.15) is 0 Å². The number of hydrogen-bond acceptors (Lipinski definition) is 5. The lowest BCUT2D eigenvalue weighted by atomic mass is 9.87. The van der Waals surface area contributed by atoms with Crippen LogP contribution in [0.3, 0.4) is 0 Å². The zero-order chi connectivity index (χ0) is 21.5. The van der Waals surface area contributed by atoms with Gasteiger partial charge in [-0.3, -0.25) is 4.99 Å². The van der Waals surface area contributed by atoms with Crippen LogP contribution in [0.15, 0.2) is 47.6 Å². The molecule has 7 nitrogen and oxygen atoms in total. The number of halogens is 1. The minimum atomic E-state index is 0. The van der Waals surface area contributed by atoms with Crippen LogP contribution in [0.25, 0.3) is 0 Å². The van der Waals surface area contributed by atoms with Crippen LogP contribution in [0.2, 0.25) is 0 Å². The monoisotopic (exact) mass is 552 g/mol. The molecule has 1 unspecified atom stereocenters. The summed E-state index contributed by atoms with van der Waals surface area (Å²) in [5.74, 6) is 2.87. The van der Waals surface area contributed by atoms with Crippen LogP contribution < -0.4 is 14.8 Å². The number of likely N-dealkylation sites (tertiary alicyclic amines) is 1. The van der Waals surface area contributed by atoms with E-state index in [4.69, 9.17) is 14.2 Å². The quantitative estimate of drug-likeness (QED) is 0.311. The lowest BCUT2D eigenvalue weighted by Crippen LogP contribution is -2.41. The van der Waals surface area contributed by atoms with Gasteiger partial charge >= 0.3 is 0 Å². The minimum absolute atomic E-state index is 0. The number of nitrogens with zero attached hydrogens (tertiary/aromatic N) is 3. The van der Waals surface area contributed by atoms with Gasteiger partial charge in [-0.2, -0.15) is 0 Å². The van der Waals surface area contributed by atoms with Crippen molar-refractivity contribution in [3.8, 4) is 17.4 Å². The molecule has 2 aromatic rings. The van der Waals surface area contributed by atoms with E-state index in [1.165, 1.54) is 0 Å². The van der Waals surface area contributed by atoms with E-state index in [0.717, 1.165) is 62.8 Å². The third kappa shape index (κ3) is 5.83. The van der Waals surface area contributed by atoms with Gasteiger partial charge in [-0.05, 0) is 37.5 Å². The Morgan fingerprint density at radius 2 is 2.06 bits per heavy atom. The summed E-state index contributed by atoms with van der Waals surface area (Å²) >= 11 is 0. The molecule has 4 rings (SSSR count). The lowest BCUT2D eigenvalue weighted by Gasteiger charge is -2.25. The largest absolute Gasteiger partial charge is 0.490 e. The number of ether oxygens (including phenoxy) is 3. The maximum atomic E-state index is 6.16. The molecule has 32 heavy (non-hydrogen) atoms. The normalized spacial score (nSPS) is 20.3. The van der Waals surface area contributed by atoms with Crippen molar-refractivity contribution < 1.29 is 14.2 Å². The van der Waals surface area contributed by atoms with Gasteiger partial charge in [-0.15, -0.1) is 24.0 Å². The van der Waals surface area contributed by atoms with E-state index < -0.39 is 0 Å². The molecule has 2 saturated heterocycles. The third-order valence-electron chi connectivity index (χ3n) is 5.94. The highest BCUT2D eigenvalue weighted by molar-refractivity contribution is 14.0. The standard InChI is InChI=1S/C24H32N4O3.HI/c1-3-14-30-20-8-4-5-9-21(20)31-22-19(7-6-12-26-22)16-27-23(25-2)28-13-10-24(17-28)11-15-29-18-24;/h4-9,12H,3,10-11,13-18H2,1-2H3,(H,25,27);1H. The highest BCUT2D eigenvalue weighted by Gasteiger charge is 2.42. The number of benzene rings is 1. The van der Waals surface area contributed by atoms with Crippen molar-refractivity contribution in [2.24, 2.45) is 10.4 Å². The number of rotatable bonds is 7. The fraction of sp³-hybridized carbons (Fsp3) is 0.500. The fourth-order valence-corrected chi connectivity index (χ4v) is 4.21. The zero-order valence-electron chi connectivity index (χ0n) is 18.9. The van der Waals surface area contributed by atoms with Gasteiger partial charge in [0.05, 0.1) is 13.2 Å². The van der Waals surface area contributed by atoms with Crippen molar-refractivity contribution in [3.63, 3.8) is 0 Å². The minimum Gasteiger partial charge on any atom is -0.490 e. The Labute approximate surface area is 207 Å². The number of para-hydroxylation sites is 2. The first-order valence-corrected chi connectivity index (χ1v) is 11.1. The molecular formula is C24H33IN4O3. The molecule has 0 amide bonds. The van der Waals surface area contributed by atoms with Gasteiger partial charge in [0.2, 0.25) is 5.88 Å². The molecule has 1 aromatic heterocycles. The average molecular weight is 552 g/mol. The van der Waals surface area contributed by atoms with E-state index in [9.17, 15) is 0 Å². The highest BCUT2D eigenvalue weighted by Crippen LogP contribution is 2.38. The van der Waals surface area contributed by atoms with Crippen LogP contribution in [0, 0.1) is 5.41 Å².